The van der Waals surface area contributed by atoms with E-state index in [2.05, 4.69) is 12.2 Å². The van der Waals surface area contributed by atoms with Crippen molar-refractivity contribution in [2.45, 2.75) is 51.6 Å². The van der Waals surface area contributed by atoms with Gasteiger partial charge in [-0.3, -0.25) is 19.3 Å². The molecular weight excluding hydrogens is 374 g/mol. The van der Waals surface area contributed by atoms with Crippen LogP contribution >= 0.6 is 0 Å². The number of hydrogen-bond donors (Lipinski definition) is 1. The van der Waals surface area contributed by atoms with Crippen LogP contribution in [0.15, 0.2) is 24.3 Å². The van der Waals surface area contributed by atoms with Crippen molar-refractivity contribution in [2.24, 2.45) is 0 Å². The molecule has 8 heteroatoms. The first-order valence-corrected chi connectivity index (χ1v) is 10.1. The molecule has 29 heavy (non-hydrogen) atoms. The maximum atomic E-state index is 13.2. The topological polar surface area (TPSA) is 96.0 Å². The molecule has 3 amide bonds. The van der Waals surface area contributed by atoms with E-state index in [4.69, 9.17) is 4.74 Å². The molecule has 1 fully saturated rings. The summed E-state index contributed by atoms with van der Waals surface area (Å²) in [6.45, 7) is 4.13. The van der Waals surface area contributed by atoms with Crippen molar-refractivity contribution in [3.8, 4) is 0 Å². The predicted octanol–water partition coefficient (Wildman–Crippen LogP) is 1.83. The van der Waals surface area contributed by atoms with Crippen LogP contribution in [-0.2, 0) is 19.1 Å². The summed E-state index contributed by atoms with van der Waals surface area (Å²) in [4.78, 5) is 53.7. The van der Waals surface area contributed by atoms with Gasteiger partial charge < -0.3 is 15.0 Å². The van der Waals surface area contributed by atoms with Gasteiger partial charge >= 0.3 is 5.97 Å². The number of nitrogens with one attached hydrogen (secondary N) is 1. The zero-order chi connectivity index (χ0) is 21.0. The number of likely N-dealkylation sites (N-methyl/N-ethyl adjacent to an activating group) is 1. The van der Waals surface area contributed by atoms with Crippen LogP contribution in [-0.4, -0.2) is 54.0 Å². The Morgan fingerprint density at radius 2 is 1.93 bits per heavy atom. The highest BCUT2D eigenvalue weighted by molar-refractivity contribution is 6.15. The number of rotatable bonds is 8. The number of amides is 3. The second kappa shape index (κ2) is 8.63. The van der Waals surface area contributed by atoms with Gasteiger partial charge in [0.05, 0.1) is 11.3 Å². The van der Waals surface area contributed by atoms with Crippen LogP contribution in [0.25, 0.3) is 0 Å². The summed E-state index contributed by atoms with van der Waals surface area (Å²) in [5, 5.41) is 2.71. The van der Waals surface area contributed by atoms with E-state index in [0.717, 1.165) is 19.3 Å². The molecule has 0 bridgehead atoms. The molecule has 0 aromatic heterocycles. The number of anilines is 1. The maximum Gasteiger partial charge on any atom is 0.354 e. The SMILES string of the molecule is CCCCCNC(=O)COC(=O)[C@]12CCC(=O)N1c1ccccc1C(=O)N2CC. The lowest BCUT2D eigenvalue weighted by atomic mass is 9.96. The number of ether oxygens (including phenoxy) is 1. The number of nitrogens with zero attached hydrogens (tertiary/aromatic N) is 2. The van der Waals surface area contributed by atoms with E-state index in [1.54, 1.807) is 31.2 Å². The first-order chi connectivity index (χ1) is 14.0. The average Bonchev–Trinajstić information content (AvgIpc) is 3.08. The number of carbonyl (C=O) groups excluding carboxylic acids is 4. The average molecular weight is 401 g/mol. The van der Waals surface area contributed by atoms with E-state index >= 15 is 0 Å². The predicted molar refractivity (Wildman–Crippen MR) is 106 cm³/mol. The molecule has 0 saturated carbocycles. The summed E-state index contributed by atoms with van der Waals surface area (Å²) in [5.74, 6) is -1.72. The smallest absolute Gasteiger partial charge is 0.354 e. The first-order valence-electron chi connectivity index (χ1n) is 10.1. The van der Waals surface area contributed by atoms with E-state index in [9.17, 15) is 19.2 Å². The third-order valence-electron chi connectivity index (χ3n) is 5.45. The van der Waals surface area contributed by atoms with Crippen LogP contribution in [0, 0.1) is 0 Å². The molecule has 0 spiro atoms. The van der Waals surface area contributed by atoms with E-state index in [-0.39, 0.29) is 31.2 Å². The van der Waals surface area contributed by atoms with Gasteiger partial charge in [-0.05, 0) is 25.5 Å². The Labute approximate surface area is 170 Å². The third kappa shape index (κ3) is 3.59. The van der Waals surface area contributed by atoms with Crippen molar-refractivity contribution in [1.29, 1.82) is 0 Å². The van der Waals surface area contributed by atoms with Gasteiger partial charge in [-0.25, -0.2) is 4.79 Å². The molecule has 156 valence electrons. The third-order valence-corrected chi connectivity index (χ3v) is 5.45. The van der Waals surface area contributed by atoms with Crippen LogP contribution in [0.4, 0.5) is 5.69 Å². The Morgan fingerprint density at radius 3 is 2.66 bits per heavy atom. The largest absolute Gasteiger partial charge is 0.452 e. The molecule has 1 saturated heterocycles. The summed E-state index contributed by atoms with van der Waals surface area (Å²) in [7, 11) is 0. The number of fused-ring (bicyclic) bond motifs is 3. The number of hydrogen-bond acceptors (Lipinski definition) is 5. The molecule has 2 aliphatic rings. The molecule has 3 rings (SSSR count). The lowest BCUT2D eigenvalue weighted by molar-refractivity contribution is -0.160. The lowest BCUT2D eigenvalue weighted by Gasteiger charge is -2.47. The van der Waals surface area contributed by atoms with Gasteiger partial charge in [0.25, 0.3) is 11.8 Å². The van der Waals surface area contributed by atoms with Crippen molar-refractivity contribution in [2.75, 3.05) is 24.6 Å². The van der Waals surface area contributed by atoms with Crippen LogP contribution in [0.5, 0.6) is 0 Å². The molecule has 1 aromatic rings. The zero-order valence-electron chi connectivity index (χ0n) is 16.9. The number of para-hydroxylation sites is 1. The van der Waals surface area contributed by atoms with Gasteiger partial charge in [0.2, 0.25) is 11.6 Å². The van der Waals surface area contributed by atoms with E-state index in [1.807, 2.05) is 0 Å². The Bertz CT molecular complexity index is 824. The molecule has 1 atom stereocenters. The highest BCUT2D eigenvalue weighted by Gasteiger charge is 2.61. The molecule has 2 heterocycles. The number of unbranched alkanes of at least 4 members (excludes halogenated alkanes) is 2. The van der Waals surface area contributed by atoms with Gasteiger partial charge in [-0.2, -0.15) is 0 Å². The van der Waals surface area contributed by atoms with Crippen LogP contribution in [0.1, 0.15) is 56.3 Å². The summed E-state index contributed by atoms with van der Waals surface area (Å²) in [5.41, 5.74) is -0.757. The summed E-state index contributed by atoms with van der Waals surface area (Å²) in [6.07, 6.45) is 3.16. The van der Waals surface area contributed by atoms with Crippen LogP contribution in [0.2, 0.25) is 0 Å². The normalized spacial score (nSPS) is 20.3. The van der Waals surface area contributed by atoms with E-state index in [0.29, 0.717) is 17.8 Å². The molecule has 8 nitrogen and oxygen atoms in total. The Kier molecular flexibility index (Phi) is 6.20. The minimum absolute atomic E-state index is 0.121. The number of benzene rings is 1. The number of carbonyl (C=O) groups is 4. The summed E-state index contributed by atoms with van der Waals surface area (Å²) >= 11 is 0. The fourth-order valence-corrected chi connectivity index (χ4v) is 4.07. The monoisotopic (exact) mass is 401 g/mol. The van der Waals surface area contributed by atoms with Crippen LogP contribution in [0.3, 0.4) is 0 Å². The molecular formula is C21H27N3O5. The minimum atomic E-state index is -1.54. The Hall–Kier alpha value is -2.90. The first kappa shape index (κ1) is 20.8. The van der Waals surface area contributed by atoms with Gasteiger partial charge in [0.1, 0.15) is 0 Å². The summed E-state index contributed by atoms with van der Waals surface area (Å²) in [6, 6.07) is 6.75. The summed E-state index contributed by atoms with van der Waals surface area (Å²) < 4.78 is 5.31. The van der Waals surface area contributed by atoms with Crippen molar-refractivity contribution in [3.05, 3.63) is 29.8 Å². The van der Waals surface area contributed by atoms with Crippen molar-refractivity contribution >= 4 is 29.4 Å². The molecule has 0 unspecified atom stereocenters. The van der Waals surface area contributed by atoms with Gasteiger partial charge in [-0.15, -0.1) is 0 Å². The Balaban J connectivity index is 1.82. The maximum absolute atomic E-state index is 13.2. The number of esters is 1. The molecule has 0 aliphatic carbocycles. The van der Waals surface area contributed by atoms with Gasteiger partial charge in [-0.1, -0.05) is 31.9 Å². The molecule has 2 aliphatic heterocycles. The fourth-order valence-electron chi connectivity index (χ4n) is 4.07. The zero-order valence-corrected chi connectivity index (χ0v) is 16.9. The molecule has 0 radical (unpaired) electrons. The van der Waals surface area contributed by atoms with Crippen molar-refractivity contribution in [3.63, 3.8) is 0 Å². The second-order valence-electron chi connectivity index (χ2n) is 7.25. The van der Waals surface area contributed by atoms with E-state index < -0.39 is 24.1 Å². The highest BCUT2D eigenvalue weighted by atomic mass is 16.5. The molecule has 1 aromatic carbocycles. The Morgan fingerprint density at radius 1 is 1.17 bits per heavy atom. The van der Waals surface area contributed by atoms with Crippen molar-refractivity contribution < 1.29 is 23.9 Å². The van der Waals surface area contributed by atoms with Gasteiger partial charge in [0, 0.05) is 25.9 Å². The van der Waals surface area contributed by atoms with Crippen molar-refractivity contribution in [1.82, 2.24) is 10.2 Å². The van der Waals surface area contributed by atoms with E-state index in [1.165, 1.54) is 9.80 Å². The second-order valence-corrected chi connectivity index (χ2v) is 7.25. The van der Waals surface area contributed by atoms with Gasteiger partial charge in [0.15, 0.2) is 6.61 Å². The standard InChI is InChI=1S/C21H27N3O5/c1-3-5-8-13-22-17(25)14-29-20(28)21-12-11-18(26)24(21)16-10-7-6-9-15(16)19(27)23(21)4-2/h6-7,9-10H,3-5,8,11-14H2,1-2H3,(H,22,25)/t21-/m0/s1. The fraction of sp³-hybridized carbons (Fsp3) is 0.524. The van der Waals surface area contributed by atoms with Crippen LogP contribution < -0.4 is 10.2 Å². The minimum Gasteiger partial charge on any atom is -0.452 e. The quantitative estimate of drug-likeness (QED) is 0.530. The molecule has 1 N–H and O–H groups in total. The highest BCUT2D eigenvalue weighted by Crippen LogP contribution is 2.44. The lowest BCUT2D eigenvalue weighted by Crippen LogP contribution is -2.68.